The van der Waals surface area contributed by atoms with Gasteiger partial charge in [0.1, 0.15) is 0 Å². The molecule has 0 aromatic carbocycles. The molecule has 0 aromatic rings. The van der Waals surface area contributed by atoms with Gasteiger partial charge in [-0.05, 0) is 25.1 Å². The third-order valence-corrected chi connectivity index (χ3v) is 6.24. The molecular weight excluding hydrogens is 256 g/mol. The predicted molar refractivity (Wildman–Crippen MR) is 70.7 cm³/mol. The predicted octanol–water partition coefficient (Wildman–Crippen LogP) is 0.675. The van der Waals surface area contributed by atoms with E-state index in [-0.39, 0.29) is 23.6 Å². The van der Waals surface area contributed by atoms with Gasteiger partial charge in [-0.2, -0.15) is 0 Å². The van der Waals surface area contributed by atoms with Gasteiger partial charge in [0, 0.05) is 6.04 Å². The van der Waals surface area contributed by atoms with E-state index in [0.717, 1.165) is 18.0 Å². The number of fused-ring (bicyclic) bond motifs is 1. The van der Waals surface area contributed by atoms with E-state index >= 15 is 0 Å². The summed E-state index contributed by atoms with van der Waals surface area (Å²) in [6, 6.07) is 0.595. The maximum absolute atomic E-state index is 11.7. The van der Waals surface area contributed by atoms with Gasteiger partial charge >= 0.3 is 0 Å². The summed E-state index contributed by atoms with van der Waals surface area (Å²) in [6.07, 6.45) is 6.11. The highest BCUT2D eigenvalue weighted by Gasteiger charge is 2.48. The Morgan fingerprint density at radius 1 is 1.18 bits per heavy atom. The molecule has 3 rings (SSSR count). The van der Waals surface area contributed by atoms with E-state index in [4.69, 9.17) is 12.2 Å². The number of hydrogen-bond acceptors (Lipinski definition) is 3. The topological polar surface area (TPSA) is 49.4 Å². The van der Waals surface area contributed by atoms with E-state index in [2.05, 4.69) is 10.2 Å². The summed E-state index contributed by atoms with van der Waals surface area (Å²) in [5, 5.41) is 3.98. The van der Waals surface area contributed by atoms with E-state index in [1.165, 1.54) is 19.3 Å². The highest BCUT2D eigenvalue weighted by molar-refractivity contribution is 7.91. The second kappa shape index (κ2) is 4.09. The van der Waals surface area contributed by atoms with Gasteiger partial charge in [-0.25, -0.2) is 8.42 Å². The lowest BCUT2D eigenvalue weighted by atomic mass is 9.93. The fraction of sp³-hybridized carbons (Fsp3) is 0.909. The molecule has 1 N–H and O–H groups in total. The zero-order chi connectivity index (χ0) is 12.0. The van der Waals surface area contributed by atoms with Crippen LogP contribution in [0, 0.1) is 0 Å². The summed E-state index contributed by atoms with van der Waals surface area (Å²) in [6.45, 7) is 0. The normalized spacial score (nSPS) is 36.9. The van der Waals surface area contributed by atoms with E-state index in [0.29, 0.717) is 6.04 Å². The van der Waals surface area contributed by atoms with Gasteiger partial charge in [0.15, 0.2) is 14.9 Å². The monoisotopic (exact) mass is 274 g/mol. The Bertz CT molecular complexity index is 429. The summed E-state index contributed by atoms with van der Waals surface area (Å²) in [7, 11) is -2.86. The van der Waals surface area contributed by atoms with Gasteiger partial charge in [-0.1, -0.05) is 19.3 Å². The summed E-state index contributed by atoms with van der Waals surface area (Å²) in [5.41, 5.74) is 0. The quantitative estimate of drug-likeness (QED) is 0.713. The van der Waals surface area contributed by atoms with Crippen molar-refractivity contribution in [3.8, 4) is 0 Å². The van der Waals surface area contributed by atoms with Crippen LogP contribution in [0.15, 0.2) is 0 Å². The van der Waals surface area contributed by atoms with Gasteiger partial charge < -0.3 is 10.2 Å². The largest absolute Gasteiger partial charge is 0.357 e. The molecule has 17 heavy (non-hydrogen) atoms. The lowest BCUT2D eigenvalue weighted by Gasteiger charge is -2.35. The first kappa shape index (κ1) is 11.7. The Morgan fingerprint density at radius 2 is 1.88 bits per heavy atom. The smallest absolute Gasteiger partial charge is 0.169 e. The molecule has 6 heteroatoms. The van der Waals surface area contributed by atoms with E-state index in [1.807, 2.05) is 0 Å². The highest BCUT2D eigenvalue weighted by Crippen LogP contribution is 2.31. The average Bonchev–Trinajstić information content (AvgIpc) is 2.69. The van der Waals surface area contributed by atoms with Crippen molar-refractivity contribution in [2.24, 2.45) is 0 Å². The van der Waals surface area contributed by atoms with Crippen LogP contribution in [0.25, 0.3) is 0 Å². The molecule has 0 bridgehead atoms. The minimum absolute atomic E-state index is 0.0365. The summed E-state index contributed by atoms with van der Waals surface area (Å²) in [4.78, 5) is 2.20. The third-order valence-electron chi connectivity index (χ3n) is 4.19. The Hall–Kier alpha value is -0.360. The Morgan fingerprint density at radius 3 is 2.59 bits per heavy atom. The number of rotatable bonds is 1. The molecule has 1 saturated carbocycles. The van der Waals surface area contributed by atoms with E-state index in [9.17, 15) is 8.42 Å². The van der Waals surface area contributed by atoms with Crippen LogP contribution in [-0.4, -0.2) is 48.1 Å². The summed E-state index contributed by atoms with van der Waals surface area (Å²) in [5.74, 6) is 0.530. The van der Waals surface area contributed by atoms with Crippen molar-refractivity contribution in [3.05, 3.63) is 0 Å². The maximum atomic E-state index is 11.7. The Balaban J connectivity index is 1.81. The Labute approximate surface area is 108 Å². The molecule has 2 saturated heterocycles. The van der Waals surface area contributed by atoms with Crippen LogP contribution >= 0.6 is 12.2 Å². The first-order valence-electron chi connectivity index (χ1n) is 6.36. The molecule has 3 aliphatic rings. The fourth-order valence-corrected chi connectivity index (χ4v) is 5.76. The van der Waals surface area contributed by atoms with E-state index < -0.39 is 9.84 Å². The SMILES string of the molecule is O=S1(=O)C[C@H]2NC(=S)N(C3CCCCC3)[C@H]2C1. The molecule has 0 amide bonds. The van der Waals surface area contributed by atoms with Crippen molar-refractivity contribution < 1.29 is 8.42 Å². The minimum atomic E-state index is -2.86. The molecule has 96 valence electrons. The molecule has 2 atom stereocenters. The number of nitrogens with zero attached hydrogens (tertiary/aromatic N) is 1. The molecule has 1 aliphatic carbocycles. The number of hydrogen-bond donors (Lipinski definition) is 1. The molecule has 0 spiro atoms. The zero-order valence-corrected chi connectivity index (χ0v) is 11.4. The molecule has 0 unspecified atom stereocenters. The lowest BCUT2D eigenvalue weighted by Crippen LogP contribution is -2.45. The first-order valence-corrected chi connectivity index (χ1v) is 8.59. The highest BCUT2D eigenvalue weighted by atomic mass is 32.2. The summed E-state index contributed by atoms with van der Waals surface area (Å²) < 4.78 is 23.3. The van der Waals surface area contributed by atoms with Crippen LogP contribution < -0.4 is 5.32 Å². The second-order valence-corrected chi connectivity index (χ2v) is 7.94. The molecule has 2 heterocycles. The summed E-state index contributed by atoms with van der Waals surface area (Å²) >= 11 is 5.37. The fourth-order valence-electron chi connectivity index (χ4n) is 3.42. The van der Waals surface area contributed by atoms with Gasteiger partial charge in [-0.3, -0.25) is 0 Å². The van der Waals surface area contributed by atoms with Crippen LogP contribution in [0.2, 0.25) is 0 Å². The molecular formula is C11H18N2O2S2. The van der Waals surface area contributed by atoms with Crippen molar-refractivity contribution in [1.82, 2.24) is 10.2 Å². The van der Waals surface area contributed by atoms with Crippen molar-refractivity contribution in [1.29, 1.82) is 0 Å². The van der Waals surface area contributed by atoms with Crippen molar-refractivity contribution in [2.75, 3.05) is 11.5 Å². The second-order valence-electron chi connectivity index (χ2n) is 5.40. The first-order chi connectivity index (χ1) is 8.07. The standard InChI is InChI=1S/C11H18N2O2S2/c14-17(15)6-9-10(7-17)13(11(16)12-9)8-4-2-1-3-5-8/h8-10H,1-7H2,(H,12,16)/t9-,10+/m1/s1. The maximum Gasteiger partial charge on any atom is 0.169 e. The van der Waals surface area contributed by atoms with Crippen molar-refractivity contribution in [2.45, 2.75) is 50.2 Å². The van der Waals surface area contributed by atoms with Gasteiger partial charge in [-0.15, -0.1) is 0 Å². The van der Waals surface area contributed by atoms with Crippen LogP contribution in [-0.2, 0) is 9.84 Å². The number of thiocarbonyl (C=S) groups is 1. The lowest BCUT2D eigenvalue weighted by molar-refractivity contribution is 0.216. The zero-order valence-electron chi connectivity index (χ0n) is 9.76. The molecule has 4 nitrogen and oxygen atoms in total. The molecule has 0 radical (unpaired) electrons. The van der Waals surface area contributed by atoms with Crippen LogP contribution in [0.1, 0.15) is 32.1 Å². The van der Waals surface area contributed by atoms with Gasteiger partial charge in [0.05, 0.1) is 23.6 Å². The number of nitrogens with one attached hydrogen (secondary N) is 1. The van der Waals surface area contributed by atoms with Gasteiger partial charge in [0.25, 0.3) is 0 Å². The van der Waals surface area contributed by atoms with Crippen molar-refractivity contribution in [3.63, 3.8) is 0 Å². The van der Waals surface area contributed by atoms with Crippen LogP contribution in [0.3, 0.4) is 0 Å². The van der Waals surface area contributed by atoms with E-state index in [1.54, 1.807) is 0 Å². The molecule has 0 aromatic heterocycles. The van der Waals surface area contributed by atoms with Gasteiger partial charge in [0.2, 0.25) is 0 Å². The third kappa shape index (κ3) is 2.05. The number of sulfone groups is 1. The van der Waals surface area contributed by atoms with Crippen LogP contribution in [0.5, 0.6) is 0 Å². The van der Waals surface area contributed by atoms with Crippen molar-refractivity contribution >= 4 is 27.2 Å². The van der Waals surface area contributed by atoms with Crippen LogP contribution in [0.4, 0.5) is 0 Å². The Kier molecular flexibility index (Phi) is 2.82. The molecule has 3 fully saturated rings. The molecule has 2 aliphatic heterocycles. The average molecular weight is 274 g/mol. The minimum Gasteiger partial charge on any atom is -0.357 e.